The third kappa shape index (κ3) is 4.91. The monoisotopic (exact) mass is 247 g/mol. The van der Waals surface area contributed by atoms with E-state index in [0.717, 1.165) is 16.2 Å². The van der Waals surface area contributed by atoms with E-state index in [1.54, 1.807) is 18.7 Å². The Morgan fingerprint density at radius 3 is 2.53 bits per heavy atom. The zero-order valence-electron chi connectivity index (χ0n) is 10.0. The Hall–Kier alpha value is -1.48. The van der Waals surface area contributed by atoms with Crippen molar-refractivity contribution in [1.29, 1.82) is 0 Å². The van der Waals surface area contributed by atoms with Gasteiger partial charge in [0.2, 0.25) is 5.91 Å². The van der Waals surface area contributed by atoms with Crippen molar-refractivity contribution >= 4 is 22.6 Å². The van der Waals surface area contributed by atoms with Crippen LogP contribution in [0.1, 0.15) is 12.5 Å². The van der Waals surface area contributed by atoms with Crippen LogP contribution in [0.4, 0.5) is 0 Å². The van der Waals surface area contributed by atoms with E-state index in [2.05, 4.69) is 18.5 Å². The molecule has 0 aromatic heterocycles. The van der Waals surface area contributed by atoms with Gasteiger partial charge in [0.25, 0.3) is 0 Å². The molecule has 0 radical (unpaired) electrons. The predicted octanol–water partition coefficient (Wildman–Crippen LogP) is 3.08. The highest BCUT2D eigenvalue weighted by Crippen LogP contribution is 2.24. The van der Waals surface area contributed by atoms with Crippen molar-refractivity contribution in [2.24, 2.45) is 0 Å². The number of benzene rings is 1. The van der Waals surface area contributed by atoms with Crippen LogP contribution in [-0.4, -0.2) is 18.2 Å². The Morgan fingerprint density at radius 2 is 1.94 bits per heavy atom. The van der Waals surface area contributed by atoms with Gasteiger partial charge in [-0.3, -0.25) is 4.79 Å². The summed E-state index contributed by atoms with van der Waals surface area (Å²) in [6.07, 6.45) is 0. The molecule has 0 saturated carbocycles. The van der Waals surface area contributed by atoms with Crippen LogP contribution in [0.15, 0.2) is 49.1 Å². The van der Waals surface area contributed by atoms with Gasteiger partial charge in [0.15, 0.2) is 0 Å². The molecule has 0 aliphatic rings. The molecule has 0 heterocycles. The molecule has 2 nitrogen and oxygen atoms in total. The Balaban J connectivity index is 2.26. The molecule has 0 aliphatic heterocycles. The van der Waals surface area contributed by atoms with Gasteiger partial charge in [-0.25, -0.2) is 0 Å². The van der Waals surface area contributed by atoms with Crippen molar-refractivity contribution in [3.63, 3.8) is 0 Å². The van der Waals surface area contributed by atoms with E-state index in [-0.39, 0.29) is 5.91 Å². The Labute approximate surface area is 107 Å². The number of thioether (sulfide) groups is 1. The molecule has 0 bridgehead atoms. The molecule has 1 aromatic rings. The molecule has 1 aromatic carbocycles. The number of nitrogens with one attached hydrogen (secondary N) is 1. The van der Waals surface area contributed by atoms with Crippen LogP contribution >= 0.6 is 11.8 Å². The van der Waals surface area contributed by atoms with Gasteiger partial charge in [-0.15, -0.1) is 11.8 Å². The lowest BCUT2D eigenvalue weighted by Crippen LogP contribution is -2.25. The number of hydrogen-bond acceptors (Lipinski definition) is 2. The van der Waals surface area contributed by atoms with Gasteiger partial charge >= 0.3 is 0 Å². The zero-order chi connectivity index (χ0) is 12.7. The average Bonchev–Trinajstić information content (AvgIpc) is 2.35. The van der Waals surface area contributed by atoms with Gasteiger partial charge in [0.05, 0.1) is 0 Å². The summed E-state index contributed by atoms with van der Waals surface area (Å²) >= 11 is 1.64. The smallest absolute Gasteiger partial charge is 0.246 e. The maximum absolute atomic E-state index is 11.2. The van der Waals surface area contributed by atoms with Crippen molar-refractivity contribution in [3.05, 3.63) is 54.6 Å². The highest BCUT2D eigenvalue weighted by Gasteiger charge is 2.01. The van der Waals surface area contributed by atoms with Crippen molar-refractivity contribution in [1.82, 2.24) is 5.32 Å². The quantitative estimate of drug-likeness (QED) is 0.618. The average molecular weight is 247 g/mol. The maximum atomic E-state index is 11.2. The van der Waals surface area contributed by atoms with Crippen molar-refractivity contribution < 1.29 is 4.79 Å². The van der Waals surface area contributed by atoms with Gasteiger partial charge in [0.1, 0.15) is 0 Å². The Bertz CT molecular complexity index is 411. The second kappa shape index (κ2) is 6.97. The number of amides is 1. The van der Waals surface area contributed by atoms with Crippen LogP contribution in [-0.2, 0) is 4.79 Å². The lowest BCUT2D eigenvalue weighted by Gasteiger charge is -2.06. The zero-order valence-corrected chi connectivity index (χ0v) is 10.8. The summed E-state index contributed by atoms with van der Waals surface area (Å²) in [6, 6.07) is 10.0. The van der Waals surface area contributed by atoms with Crippen LogP contribution in [0.2, 0.25) is 0 Å². The summed E-state index contributed by atoms with van der Waals surface area (Å²) in [5, 5.41) is 2.79. The van der Waals surface area contributed by atoms with Crippen molar-refractivity contribution in [2.75, 3.05) is 12.3 Å². The standard InChI is InChI=1S/C14H17NOS/c1-11(2)14(16)15-9-10-17-12(3)13-7-5-4-6-8-13/h4-8H,1,3,9-10H2,2H3,(H,15,16). The second-order valence-corrected chi connectivity index (χ2v) is 4.86. The minimum atomic E-state index is -0.0871. The summed E-state index contributed by atoms with van der Waals surface area (Å²) in [6.45, 7) is 9.92. The van der Waals surface area contributed by atoms with Crippen LogP contribution in [0.5, 0.6) is 0 Å². The van der Waals surface area contributed by atoms with Gasteiger partial charge in [0, 0.05) is 22.8 Å². The molecular formula is C14H17NOS. The molecule has 0 aliphatic carbocycles. The molecule has 1 rings (SSSR count). The van der Waals surface area contributed by atoms with Crippen LogP contribution in [0, 0.1) is 0 Å². The third-order valence-corrected chi connectivity index (χ3v) is 3.14. The highest BCUT2D eigenvalue weighted by molar-refractivity contribution is 8.08. The van der Waals surface area contributed by atoms with E-state index in [9.17, 15) is 4.79 Å². The Morgan fingerprint density at radius 1 is 1.29 bits per heavy atom. The Kier molecular flexibility index (Phi) is 5.57. The SMILES string of the molecule is C=C(C)C(=O)NCCSC(=C)c1ccccc1. The number of hydrogen-bond donors (Lipinski definition) is 1. The third-order valence-electron chi connectivity index (χ3n) is 2.15. The molecule has 0 fully saturated rings. The summed E-state index contributed by atoms with van der Waals surface area (Å²) in [5.74, 6) is 0.725. The maximum Gasteiger partial charge on any atom is 0.246 e. The normalized spacial score (nSPS) is 9.71. The minimum absolute atomic E-state index is 0.0871. The van der Waals surface area contributed by atoms with E-state index in [0.29, 0.717) is 12.1 Å². The summed E-state index contributed by atoms with van der Waals surface area (Å²) in [5.41, 5.74) is 1.67. The minimum Gasteiger partial charge on any atom is -0.352 e. The van der Waals surface area contributed by atoms with Gasteiger partial charge in [-0.05, 0) is 12.5 Å². The fourth-order valence-corrected chi connectivity index (χ4v) is 1.95. The first kappa shape index (κ1) is 13.6. The lowest BCUT2D eigenvalue weighted by atomic mass is 10.2. The highest BCUT2D eigenvalue weighted by atomic mass is 32.2. The number of carbonyl (C=O) groups excluding carboxylic acids is 1. The number of carbonyl (C=O) groups is 1. The first-order valence-corrected chi connectivity index (χ1v) is 6.40. The first-order valence-electron chi connectivity index (χ1n) is 5.42. The molecule has 17 heavy (non-hydrogen) atoms. The molecular weight excluding hydrogens is 230 g/mol. The van der Waals surface area contributed by atoms with E-state index in [1.807, 2.05) is 30.3 Å². The fraction of sp³-hybridized carbons (Fsp3) is 0.214. The van der Waals surface area contributed by atoms with Gasteiger partial charge < -0.3 is 5.32 Å². The largest absolute Gasteiger partial charge is 0.352 e. The summed E-state index contributed by atoms with van der Waals surface area (Å²) in [4.78, 5) is 12.2. The van der Waals surface area contributed by atoms with Crippen molar-refractivity contribution in [3.8, 4) is 0 Å². The van der Waals surface area contributed by atoms with E-state index in [1.165, 1.54) is 0 Å². The lowest BCUT2D eigenvalue weighted by molar-refractivity contribution is -0.117. The molecule has 0 spiro atoms. The van der Waals surface area contributed by atoms with Crippen LogP contribution in [0.3, 0.4) is 0 Å². The van der Waals surface area contributed by atoms with Crippen LogP contribution < -0.4 is 5.32 Å². The molecule has 90 valence electrons. The molecule has 1 N–H and O–H groups in total. The summed E-state index contributed by atoms with van der Waals surface area (Å²) in [7, 11) is 0. The van der Waals surface area contributed by atoms with Crippen molar-refractivity contribution in [2.45, 2.75) is 6.92 Å². The molecule has 0 atom stereocenters. The van der Waals surface area contributed by atoms with E-state index >= 15 is 0 Å². The predicted molar refractivity (Wildman–Crippen MR) is 75.8 cm³/mol. The number of rotatable bonds is 6. The molecule has 1 amide bonds. The molecule has 0 saturated heterocycles. The van der Waals surface area contributed by atoms with Gasteiger partial charge in [-0.2, -0.15) is 0 Å². The van der Waals surface area contributed by atoms with E-state index in [4.69, 9.17) is 0 Å². The topological polar surface area (TPSA) is 29.1 Å². The van der Waals surface area contributed by atoms with Gasteiger partial charge in [-0.1, -0.05) is 43.5 Å². The fourth-order valence-electron chi connectivity index (χ4n) is 1.20. The molecule has 0 unspecified atom stereocenters. The molecule has 3 heteroatoms. The first-order chi connectivity index (χ1) is 8.11. The van der Waals surface area contributed by atoms with E-state index < -0.39 is 0 Å². The van der Waals surface area contributed by atoms with Crippen LogP contribution in [0.25, 0.3) is 4.91 Å². The second-order valence-electron chi connectivity index (χ2n) is 3.67. The summed E-state index contributed by atoms with van der Waals surface area (Å²) < 4.78 is 0.